The molecule has 242 valence electrons. The summed E-state index contributed by atoms with van der Waals surface area (Å²) < 4.78 is 24.2. The molecular formula is C27H51N7O8. The van der Waals surface area contributed by atoms with Crippen molar-refractivity contribution in [1.29, 1.82) is 10.8 Å². The van der Waals surface area contributed by atoms with Crippen LogP contribution in [0.15, 0.2) is 0 Å². The van der Waals surface area contributed by atoms with Crippen LogP contribution < -0.4 is 27.8 Å². The standard InChI is InChI=1S/C27H51N7O8/c1-12-18(35)24(39-11-26(12,3)37)42-21-17(34-25(32)27(38)7-4-8-27)9-16(30)20(19(21)36)41-23-15(29)6-5-14(40-23)10-33-22(31)13(2)28/h12-21,23-24,35-38H,4-11,28-30H2,1-3H3,(H2,31,33)(H2,32,34)/t12-,13?,14+,15?,16+,17-,18?,19?,20?,21?,23-,24-,26?/m1/s1. The molecule has 7 unspecified atom stereocenters. The van der Waals surface area contributed by atoms with E-state index in [0.717, 1.165) is 6.42 Å². The van der Waals surface area contributed by atoms with Gasteiger partial charge < -0.3 is 67.2 Å². The molecule has 0 bridgehead atoms. The molecule has 2 heterocycles. The predicted octanol–water partition coefficient (Wildman–Crippen LogP) is -2.45. The Balaban J connectivity index is 1.48. The highest BCUT2D eigenvalue weighted by Gasteiger charge is 2.52. The molecule has 15 heteroatoms. The van der Waals surface area contributed by atoms with E-state index in [1.807, 2.05) is 0 Å². The summed E-state index contributed by atoms with van der Waals surface area (Å²) in [4.78, 5) is 0. The zero-order chi connectivity index (χ0) is 31.0. The van der Waals surface area contributed by atoms with Crippen molar-refractivity contribution in [2.24, 2.45) is 23.1 Å². The number of hydrogen-bond acceptors (Lipinski definition) is 13. The van der Waals surface area contributed by atoms with Gasteiger partial charge in [0.15, 0.2) is 12.6 Å². The van der Waals surface area contributed by atoms with Crippen LogP contribution in [-0.2, 0) is 18.9 Å². The zero-order valence-electron chi connectivity index (χ0n) is 24.7. The molecule has 4 fully saturated rings. The highest BCUT2D eigenvalue weighted by atomic mass is 16.7. The molecule has 4 rings (SSSR count). The normalized spacial score (nSPS) is 44.5. The van der Waals surface area contributed by atoms with Gasteiger partial charge in [-0.1, -0.05) is 6.92 Å². The van der Waals surface area contributed by atoms with E-state index < -0.39 is 78.3 Å². The molecule has 42 heavy (non-hydrogen) atoms. The minimum absolute atomic E-state index is 0.0853. The second-order valence-electron chi connectivity index (χ2n) is 12.9. The summed E-state index contributed by atoms with van der Waals surface area (Å²) in [5.74, 6) is -0.484. The summed E-state index contributed by atoms with van der Waals surface area (Å²) in [6.45, 7) is 5.21. The fourth-order valence-corrected chi connectivity index (χ4v) is 5.87. The van der Waals surface area contributed by atoms with Crippen LogP contribution in [0.5, 0.6) is 0 Å². The number of nitrogens with one attached hydrogen (secondary N) is 4. The number of ether oxygens (including phenoxy) is 4. The number of hydrogen-bond donors (Lipinski definition) is 11. The Labute approximate surface area is 246 Å². The maximum atomic E-state index is 11.6. The summed E-state index contributed by atoms with van der Waals surface area (Å²) in [5.41, 5.74) is 16.1. The van der Waals surface area contributed by atoms with Crippen LogP contribution >= 0.6 is 0 Å². The van der Waals surface area contributed by atoms with Gasteiger partial charge in [0.25, 0.3) is 0 Å². The number of amidine groups is 2. The molecule has 0 radical (unpaired) electrons. The van der Waals surface area contributed by atoms with Crippen LogP contribution in [0.3, 0.4) is 0 Å². The second kappa shape index (κ2) is 13.2. The van der Waals surface area contributed by atoms with Crippen LogP contribution in [0.25, 0.3) is 0 Å². The SMILES string of the molecule is CC(N)C(=N)NC[C@@H]1CCC(N)[C@@H](OC2C(O)C(O[C@H]3OCC(C)(O)[C@H](C)C3O)[C@H](NC(=N)C3(O)CCC3)C[C@@H]2N)O1. The quantitative estimate of drug-likeness (QED) is 0.0969. The van der Waals surface area contributed by atoms with Crippen molar-refractivity contribution in [2.45, 2.75) is 138 Å². The van der Waals surface area contributed by atoms with Crippen molar-refractivity contribution in [2.75, 3.05) is 13.2 Å². The number of nitrogens with two attached hydrogens (primary N) is 3. The summed E-state index contributed by atoms with van der Waals surface area (Å²) in [7, 11) is 0. The molecule has 2 aliphatic heterocycles. The molecule has 2 saturated heterocycles. The monoisotopic (exact) mass is 601 g/mol. The van der Waals surface area contributed by atoms with Crippen LogP contribution in [0.2, 0.25) is 0 Å². The molecule has 2 aliphatic carbocycles. The molecule has 15 nitrogen and oxygen atoms in total. The van der Waals surface area contributed by atoms with Gasteiger partial charge in [-0.3, -0.25) is 10.8 Å². The van der Waals surface area contributed by atoms with E-state index >= 15 is 0 Å². The smallest absolute Gasteiger partial charge is 0.184 e. The van der Waals surface area contributed by atoms with Gasteiger partial charge in [-0.05, 0) is 52.4 Å². The Kier molecular flexibility index (Phi) is 10.5. The minimum Gasteiger partial charge on any atom is -0.388 e. The topological polar surface area (TPSA) is 268 Å². The average Bonchev–Trinajstić information content (AvgIpc) is 2.91. The van der Waals surface area contributed by atoms with E-state index in [-0.39, 0.29) is 30.8 Å². The first-order valence-electron chi connectivity index (χ1n) is 15.0. The van der Waals surface area contributed by atoms with E-state index in [9.17, 15) is 20.4 Å². The first-order chi connectivity index (χ1) is 19.6. The van der Waals surface area contributed by atoms with Crippen LogP contribution in [0.1, 0.15) is 59.3 Å². The van der Waals surface area contributed by atoms with E-state index in [1.165, 1.54) is 0 Å². The van der Waals surface area contributed by atoms with Crippen LogP contribution in [0.4, 0.5) is 0 Å². The third kappa shape index (κ3) is 7.24. The van der Waals surface area contributed by atoms with Gasteiger partial charge >= 0.3 is 0 Å². The van der Waals surface area contributed by atoms with Gasteiger partial charge in [-0.25, -0.2) is 0 Å². The highest BCUT2D eigenvalue weighted by Crippen LogP contribution is 2.36. The molecule has 4 aliphatic rings. The molecule has 0 spiro atoms. The minimum atomic E-state index is -1.36. The van der Waals surface area contributed by atoms with E-state index in [4.69, 9.17) is 47.0 Å². The molecule has 2 saturated carbocycles. The van der Waals surface area contributed by atoms with E-state index in [2.05, 4.69) is 10.6 Å². The Hall–Kier alpha value is -1.50. The third-order valence-corrected chi connectivity index (χ3v) is 9.36. The van der Waals surface area contributed by atoms with Gasteiger partial charge in [0.1, 0.15) is 41.7 Å². The summed E-state index contributed by atoms with van der Waals surface area (Å²) in [5, 5.41) is 66.2. The highest BCUT2D eigenvalue weighted by molar-refractivity contribution is 5.88. The van der Waals surface area contributed by atoms with Gasteiger partial charge in [-0.15, -0.1) is 0 Å². The van der Waals surface area contributed by atoms with Crippen molar-refractivity contribution in [3.05, 3.63) is 0 Å². The zero-order valence-corrected chi connectivity index (χ0v) is 24.7. The first kappa shape index (κ1) is 33.4. The molecule has 14 N–H and O–H groups in total. The maximum Gasteiger partial charge on any atom is 0.184 e. The summed E-state index contributed by atoms with van der Waals surface area (Å²) >= 11 is 0. The van der Waals surface area contributed by atoms with E-state index in [0.29, 0.717) is 32.2 Å². The molecule has 0 amide bonds. The van der Waals surface area contributed by atoms with Gasteiger partial charge in [-0.2, -0.15) is 0 Å². The van der Waals surface area contributed by atoms with Crippen molar-refractivity contribution in [3.63, 3.8) is 0 Å². The number of aliphatic hydroxyl groups is 4. The summed E-state index contributed by atoms with van der Waals surface area (Å²) in [6.07, 6.45) is -3.89. The van der Waals surface area contributed by atoms with Crippen molar-refractivity contribution >= 4 is 11.7 Å². The van der Waals surface area contributed by atoms with Gasteiger partial charge in [0, 0.05) is 18.5 Å². The molecule has 0 aromatic carbocycles. The Morgan fingerprint density at radius 3 is 2.33 bits per heavy atom. The first-order valence-corrected chi connectivity index (χ1v) is 15.0. The van der Waals surface area contributed by atoms with Crippen molar-refractivity contribution < 1.29 is 39.4 Å². The second-order valence-corrected chi connectivity index (χ2v) is 12.9. The van der Waals surface area contributed by atoms with Gasteiger partial charge in [0.05, 0.1) is 36.4 Å². The van der Waals surface area contributed by atoms with Crippen molar-refractivity contribution in [1.82, 2.24) is 10.6 Å². The average molecular weight is 602 g/mol. The number of aliphatic hydroxyl groups excluding tert-OH is 2. The Bertz CT molecular complexity index is 953. The maximum absolute atomic E-state index is 11.6. The lowest BCUT2D eigenvalue weighted by molar-refractivity contribution is -0.313. The molecular weight excluding hydrogens is 550 g/mol. The largest absolute Gasteiger partial charge is 0.388 e. The molecule has 0 aromatic heterocycles. The lowest BCUT2D eigenvalue weighted by Gasteiger charge is -2.49. The van der Waals surface area contributed by atoms with Crippen LogP contribution in [0, 0.1) is 16.7 Å². The Morgan fingerprint density at radius 1 is 1.05 bits per heavy atom. The van der Waals surface area contributed by atoms with Crippen LogP contribution in [-0.4, -0.2) is 124 Å². The predicted molar refractivity (Wildman–Crippen MR) is 153 cm³/mol. The summed E-state index contributed by atoms with van der Waals surface area (Å²) in [6, 6.07) is -2.37. The molecule has 13 atom stereocenters. The fraction of sp³-hybridized carbons (Fsp3) is 0.926. The van der Waals surface area contributed by atoms with E-state index in [1.54, 1.807) is 20.8 Å². The number of rotatable bonds is 9. The van der Waals surface area contributed by atoms with Gasteiger partial charge in [0.2, 0.25) is 0 Å². The molecule has 0 aromatic rings. The lowest BCUT2D eigenvalue weighted by Crippen LogP contribution is -2.68. The fourth-order valence-electron chi connectivity index (χ4n) is 5.87. The third-order valence-electron chi connectivity index (χ3n) is 9.36. The Morgan fingerprint density at radius 2 is 1.71 bits per heavy atom. The lowest BCUT2D eigenvalue weighted by atomic mass is 9.78. The van der Waals surface area contributed by atoms with Crippen molar-refractivity contribution in [3.8, 4) is 0 Å².